The van der Waals surface area contributed by atoms with Crippen LogP contribution < -0.4 is 14.2 Å². The summed E-state index contributed by atoms with van der Waals surface area (Å²) >= 11 is 0. The van der Waals surface area contributed by atoms with E-state index in [2.05, 4.69) is 17.0 Å². The summed E-state index contributed by atoms with van der Waals surface area (Å²) in [5.74, 6) is 3.11. The van der Waals surface area contributed by atoms with Gasteiger partial charge in [-0.15, -0.1) is 0 Å². The Morgan fingerprint density at radius 2 is 1.62 bits per heavy atom. The van der Waals surface area contributed by atoms with Crippen LogP contribution in [0.2, 0.25) is 0 Å². The first kappa shape index (κ1) is 14.5. The van der Waals surface area contributed by atoms with Crippen molar-refractivity contribution in [3.05, 3.63) is 17.7 Å². The van der Waals surface area contributed by atoms with Gasteiger partial charge >= 0.3 is 0 Å². The highest BCUT2D eigenvalue weighted by molar-refractivity contribution is 5.54. The van der Waals surface area contributed by atoms with Gasteiger partial charge in [0.25, 0.3) is 0 Å². The molecule has 2 bridgehead atoms. The maximum Gasteiger partial charge on any atom is 0.203 e. The summed E-state index contributed by atoms with van der Waals surface area (Å²) in [5.41, 5.74) is 1.27. The number of hydrogen-bond acceptors (Lipinski definition) is 4. The number of fused-ring (bicyclic) bond motifs is 3. The van der Waals surface area contributed by atoms with Crippen molar-refractivity contribution in [2.45, 2.75) is 31.7 Å². The van der Waals surface area contributed by atoms with Gasteiger partial charge in [0, 0.05) is 6.04 Å². The summed E-state index contributed by atoms with van der Waals surface area (Å²) < 4.78 is 16.3. The van der Waals surface area contributed by atoms with E-state index in [9.17, 15) is 0 Å². The first-order valence-corrected chi connectivity index (χ1v) is 7.78. The molecule has 1 unspecified atom stereocenters. The molecule has 3 aliphatic rings. The van der Waals surface area contributed by atoms with E-state index in [-0.39, 0.29) is 0 Å². The van der Waals surface area contributed by atoms with Crippen molar-refractivity contribution in [3.8, 4) is 17.2 Å². The number of benzene rings is 1. The van der Waals surface area contributed by atoms with Crippen molar-refractivity contribution >= 4 is 0 Å². The molecule has 1 aromatic carbocycles. The number of piperidine rings is 3. The molecule has 1 aromatic rings. The smallest absolute Gasteiger partial charge is 0.203 e. The molecule has 0 amide bonds. The highest BCUT2D eigenvalue weighted by Crippen LogP contribution is 2.40. The minimum atomic E-state index is 0.667. The summed E-state index contributed by atoms with van der Waals surface area (Å²) in [6, 6.07) is 4.84. The molecule has 0 aromatic heterocycles. The molecule has 0 spiro atoms. The highest BCUT2D eigenvalue weighted by Gasteiger charge is 2.33. The molecular weight excluding hydrogens is 266 g/mol. The van der Waals surface area contributed by atoms with E-state index in [0.717, 1.165) is 23.8 Å². The van der Waals surface area contributed by atoms with E-state index in [1.165, 1.54) is 37.9 Å². The fourth-order valence-corrected chi connectivity index (χ4v) is 3.83. The van der Waals surface area contributed by atoms with Crippen molar-refractivity contribution in [2.75, 3.05) is 34.4 Å². The van der Waals surface area contributed by atoms with Crippen molar-refractivity contribution in [1.82, 2.24) is 4.90 Å². The van der Waals surface area contributed by atoms with Gasteiger partial charge in [-0.3, -0.25) is 0 Å². The molecule has 0 radical (unpaired) electrons. The van der Waals surface area contributed by atoms with Gasteiger partial charge in [0.1, 0.15) is 0 Å². The summed E-state index contributed by atoms with van der Waals surface area (Å²) in [6.45, 7) is 2.53. The predicted molar refractivity (Wildman–Crippen MR) is 82.5 cm³/mol. The third kappa shape index (κ3) is 2.82. The Kier molecular flexibility index (Phi) is 4.24. The molecule has 116 valence electrons. The lowest BCUT2D eigenvalue weighted by atomic mass is 9.81. The quantitative estimate of drug-likeness (QED) is 0.834. The van der Waals surface area contributed by atoms with Crippen LogP contribution in [0.1, 0.15) is 24.8 Å². The minimum absolute atomic E-state index is 0.667. The lowest BCUT2D eigenvalue weighted by Crippen LogP contribution is -2.49. The summed E-state index contributed by atoms with van der Waals surface area (Å²) in [7, 11) is 4.99. The maximum atomic E-state index is 5.45. The van der Waals surface area contributed by atoms with Crippen LogP contribution in [-0.2, 0) is 6.42 Å². The second-order valence-corrected chi connectivity index (χ2v) is 6.11. The molecule has 0 aliphatic carbocycles. The fourth-order valence-electron chi connectivity index (χ4n) is 3.83. The van der Waals surface area contributed by atoms with Gasteiger partial charge in [0.2, 0.25) is 5.75 Å². The zero-order valence-corrected chi connectivity index (χ0v) is 13.2. The van der Waals surface area contributed by atoms with Crippen LogP contribution in [0.25, 0.3) is 0 Å². The van der Waals surface area contributed by atoms with Crippen molar-refractivity contribution in [2.24, 2.45) is 5.92 Å². The monoisotopic (exact) mass is 291 g/mol. The van der Waals surface area contributed by atoms with Gasteiger partial charge in [0.05, 0.1) is 21.3 Å². The molecule has 4 nitrogen and oxygen atoms in total. The lowest BCUT2D eigenvalue weighted by molar-refractivity contribution is 0.0498. The van der Waals surface area contributed by atoms with E-state index in [1.54, 1.807) is 21.3 Å². The zero-order valence-electron chi connectivity index (χ0n) is 13.2. The topological polar surface area (TPSA) is 30.9 Å². The Morgan fingerprint density at radius 3 is 2.05 bits per heavy atom. The van der Waals surface area contributed by atoms with Gasteiger partial charge in [-0.1, -0.05) is 0 Å². The molecule has 3 aliphatic heterocycles. The van der Waals surface area contributed by atoms with E-state index >= 15 is 0 Å². The Labute approximate surface area is 127 Å². The van der Waals surface area contributed by atoms with Crippen LogP contribution in [0.4, 0.5) is 0 Å². The molecule has 4 heteroatoms. The number of ether oxygens (including phenoxy) is 3. The molecule has 1 atom stereocenters. The Bertz CT molecular complexity index is 470. The molecule has 4 rings (SSSR count). The molecule has 3 heterocycles. The predicted octanol–water partition coefficient (Wildman–Crippen LogP) is 2.74. The van der Waals surface area contributed by atoms with Crippen LogP contribution in [0.3, 0.4) is 0 Å². The number of nitrogens with zero attached hydrogens (tertiary/aromatic N) is 1. The van der Waals surface area contributed by atoms with Crippen molar-refractivity contribution in [3.63, 3.8) is 0 Å². The molecule has 0 N–H and O–H groups in total. The second kappa shape index (κ2) is 6.14. The third-order valence-corrected chi connectivity index (χ3v) is 4.97. The van der Waals surface area contributed by atoms with Gasteiger partial charge in [-0.05, 0) is 62.4 Å². The van der Waals surface area contributed by atoms with E-state index in [0.29, 0.717) is 11.8 Å². The standard InChI is InChI=1S/C17H25NO3/c1-19-15-10-13(11-16(20-2)17(15)21-3)9-14-8-12-4-6-18(14)7-5-12/h10-12,14H,4-9H2,1-3H3. The largest absolute Gasteiger partial charge is 0.493 e. The van der Waals surface area contributed by atoms with Crippen LogP contribution in [0.15, 0.2) is 12.1 Å². The van der Waals surface area contributed by atoms with Crippen LogP contribution in [-0.4, -0.2) is 45.4 Å². The number of hydrogen-bond donors (Lipinski definition) is 0. The van der Waals surface area contributed by atoms with Gasteiger partial charge in [0.15, 0.2) is 11.5 Å². The van der Waals surface area contributed by atoms with E-state index in [1.807, 2.05) is 0 Å². The van der Waals surface area contributed by atoms with Gasteiger partial charge in [-0.2, -0.15) is 0 Å². The number of methoxy groups -OCH3 is 3. The summed E-state index contributed by atoms with van der Waals surface area (Å²) in [5, 5.41) is 0. The molecule has 3 saturated heterocycles. The third-order valence-electron chi connectivity index (χ3n) is 4.97. The van der Waals surface area contributed by atoms with Crippen LogP contribution in [0.5, 0.6) is 17.2 Å². The average Bonchev–Trinajstić information content (AvgIpc) is 2.55. The second-order valence-electron chi connectivity index (χ2n) is 6.11. The van der Waals surface area contributed by atoms with Crippen LogP contribution >= 0.6 is 0 Å². The Hall–Kier alpha value is -1.42. The zero-order chi connectivity index (χ0) is 14.8. The number of rotatable bonds is 5. The summed E-state index contributed by atoms with van der Waals surface area (Å²) in [4.78, 5) is 2.64. The molecule has 0 saturated carbocycles. The molecular formula is C17H25NO3. The molecule has 21 heavy (non-hydrogen) atoms. The average molecular weight is 291 g/mol. The first-order valence-electron chi connectivity index (χ1n) is 7.78. The van der Waals surface area contributed by atoms with Crippen LogP contribution in [0, 0.1) is 5.92 Å². The maximum absolute atomic E-state index is 5.45. The lowest BCUT2D eigenvalue weighted by Gasteiger charge is -2.45. The van der Waals surface area contributed by atoms with Crippen molar-refractivity contribution in [1.29, 1.82) is 0 Å². The SMILES string of the molecule is COc1cc(CC2CC3CCN2CC3)cc(OC)c1OC. The summed E-state index contributed by atoms with van der Waals surface area (Å²) in [6.07, 6.45) is 5.15. The fraction of sp³-hybridized carbons (Fsp3) is 0.647. The van der Waals surface area contributed by atoms with Gasteiger partial charge in [-0.25, -0.2) is 0 Å². The van der Waals surface area contributed by atoms with E-state index in [4.69, 9.17) is 14.2 Å². The normalized spacial score (nSPS) is 27.5. The van der Waals surface area contributed by atoms with E-state index < -0.39 is 0 Å². The first-order chi connectivity index (χ1) is 10.2. The van der Waals surface area contributed by atoms with Crippen molar-refractivity contribution < 1.29 is 14.2 Å². The Balaban J connectivity index is 1.82. The minimum Gasteiger partial charge on any atom is -0.493 e. The highest BCUT2D eigenvalue weighted by atomic mass is 16.5. The molecule has 3 fully saturated rings. The van der Waals surface area contributed by atoms with Gasteiger partial charge < -0.3 is 19.1 Å². The Morgan fingerprint density at radius 1 is 1.00 bits per heavy atom.